The average Bonchev–Trinajstić information content (AvgIpc) is 2.34. The molecule has 1 rings (SSSR count). The molecule has 1 aromatic heterocycles. The molecule has 70 valence electrons. The van der Waals surface area contributed by atoms with E-state index in [2.05, 4.69) is 15.1 Å². The fourth-order valence-electron chi connectivity index (χ4n) is 0.926. The molecule has 0 unspecified atom stereocenters. The van der Waals surface area contributed by atoms with E-state index in [9.17, 15) is 4.79 Å². The van der Waals surface area contributed by atoms with Crippen LogP contribution in [-0.2, 0) is 13.6 Å². The lowest BCUT2D eigenvalue weighted by molar-refractivity contribution is 0.592. The second-order valence-electron chi connectivity index (χ2n) is 2.57. The summed E-state index contributed by atoms with van der Waals surface area (Å²) in [5.41, 5.74) is 7.83. The fourth-order valence-corrected chi connectivity index (χ4v) is 0.926. The first-order chi connectivity index (χ1) is 6.16. The third-order valence-electron chi connectivity index (χ3n) is 1.73. The molecule has 0 atom stereocenters. The maximum atomic E-state index is 11.3. The summed E-state index contributed by atoms with van der Waals surface area (Å²) in [4.78, 5) is 13.9. The second kappa shape index (κ2) is 3.77. The van der Waals surface area contributed by atoms with Crippen LogP contribution in [-0.4, -0.2) is 20.9 Å². The van der Waals surface area contributed by atoms with E-state index in [0.29, 0.717) is 12.4 Å². The van der Waals surface area contributed by atoms with Crippen LogP contribution in [0.3, 0.4) is 0 Å². The molecule has 0 saturated carbocycles. The van der Waals surface area contributed by atoms with Gasteiger partial charge in [-0.15, -0.1) is 0 Å². The van der Waals surface area contributed by atoms with Crippen molar-refractivity contribution >= 4 is 0 Å². The standard InChI is InChI=1S/C6H10N6O/c1-5-9-12(4-3-8-10-7)6(13)11(5)2/h3-4H2,1-2H3. The van der Waals surface area contributed by atoms with Gasteiger partial charge in [-0.2, -0.15) is 5.10 Å². The second-order valence-corrected chi connectivity index (χ2v) is 2.57. The van der Waals surface area contributed by atoms with Gasteiger partial charge in [-0.25, -0.2) is 9.48 Å². The van der Waals surface area contributed by atoms with E-state index >= 15 is 0 Å². The van der Waals surface area contributed by atoms with Crippen LogP contribution in [0.2, 0.25) is 0 Å². The van der Waals surface area contributed by atoms with Crippen molar-refractivity contribution in [2.45, 2.75) is 13.5 Å². The van der Waals surface area contributed by atoms with Crippen molar-refractivity contribution in [1.82, 2.24) is 14.3 Å². The minimum atomic E-state index is -0.189. The number of aromatic nitrogens is 3. The van der Waals surface area contributed by atoms with E-state index in [-0.39, 0.29) is 12.2 Å². The molecule has 0 amide bonds. The summed E-state index contributed by atoms with van der Waals surface area (Å²) in [6.45, 7) is 2.31. The van der Waals surface area contributed by atoms with Crippen LogP contribution in [0.15, 0.2) is 9.91 Å². The van der Waals surface area contributed by atoms with Gasteiger partial charge in [-0.1, -0.05) is 5.11 Å². The fraction of sp³-hybridized carbons (Fsp3) is 0.667. The Kier molecular flexibility index (Phi) is 2.71. The van der Waals surface area contributed by atoms with E-state index in [4.69, 9.17) is 5.53 Å². The predicted octanol–water partition coefficient (Wildman–Crippen LogP) is 0.201. The van der Waals surface area contributed by atoms with Crippen molar-refractivity contribution in [3.63, 3.8) is 0 Å². The highest BCUT2D eigenvalue weighted by atomic mass is 16.2. The Morgan fingerprint density at radius 1 is 1.69 bits per heavy atom. The Bertz CT molecular complexity index is 396. The van der Waals surface area contributed by atoms with Crippen molar-refractivity contribution in [3.05, 3.63) is 26.8 Å². The van der Waals surface area contributed by atoms with Crippen molar-refractivity contribution in [2.75, 3.05) is 6.54 Å². The van der Waals surface area contributed by atoms with Crippen molar-refractivity contribution in [1.29, 1.82) is 0 Å². The van der Waals surface area contributed by atoms with E-state index in [1.807, 2.05) is 0 Å². The third-order valence-corrected chi connectivity index (χ3v) is 1.73. The van der Waals surface area contributed by atoms with E-state index in [0.717, 1.165) is 0 Å². The Hall–Kier alpha value is -1.75. The summed E-state index contributed by atoms with van der Waals surface area (Å²) in [7, 11) is 1.65. The first kappa shape index (κ1) is 9.34. The smallest absolute Gasteiger partial charge is 0.282 e. The number of rotatable bonds is 3. The molecule has 7 nitrogen and oxygen atoms in total. The van der Waals surface area contributed by atoms with Crippen LogP contribution < -0.4 is 5.69 Å². The first-order valence-electron chi connectivity index (χ1n) is 3.78. The number of aryl methyl sites for hydroxylation is 1. The highest BCUT2D eigenvalue weighted by molar-refractivity contribution is 4.81. The van der Waals surface area contributed by atoms with Crippen LogP contribution in [0.5, 0.6) is 0 Å². The molecular formula is C6H10N6O. The van der Waals surface area contributed by atoms with Gasteiger partial charge < -0.3 is 0 Å². The summed E-state index contributed by atoms with van der Waals surface area (Å²) in [5.74, 6) is 0.644. The highest BCUT2D eigenvalue weighted by Crippen LogP contribution is 1.86. The Balaban J connectivity index is 2.84. The zero-order chi connectivity index (χ0) is 9.84. The first-order valence-corrected chi connectivity index (χ1v) is 3.78. The summed E-state index contributed by atoms with van der Waals surface area (Å²) in [6, 6.07) is 0. The molecule has 0 spiro atoms. The molecular weight excluding hydrogens is 172 g/mol. The zero-order valence-electron chi connectivity index (χ0n) is 7.51. The molecule has 13 heavy (non-hydrogen) atoms. The monoisotopic (exact) mass is 182 g/mol. The van der Waals surface area contributed by atoms with Gasteiger partial charge in [0.2, 0.25) is 0 Å². The van der Waals surface area contributed by atoms with Crippen LogP contribution in [0.25, 0.3) is 10.4 Å². The Labute approximate surface area is 74.2 Å². The van der Waals surface area contributed by atoms with E-state index in [1.165, 1.54) is 9.25 Å². The van der Waals surface area contributed by atoms with Crippen LogP contribution >= 0.6 is 0 Å². The summed E-state index contributed by atoms with van der Waals surface area (Å²) in [6.07, 6.45) is 0. The molecule has 0 aromatic carbocycles. The molecule has 0 N–H and O–H groups in total. The van der Waals surface area contributed by atoms with Gasteiger partial charge in [0.1, 0.15) is 5.82 Å². The molecule has 0 radical (unpaired) electrons. The van der Waals surface area contributed by atoms with Crippen molar-refractivity contribution in [2.24, 2.45) is 12.2 Å². The third kappa shape index (κ3) is 1.88. The number of azide groups is 1. The average molecular weight is 182 g/mol. The SMILES string of the molecule is Cc1nn(CCN=[N+]=[N-])c(=O)n1C. The van der Waals surface area contributed by atoms with Crippen LogP contribution in [0.4, 0.5) is 0 Å². The van der Waals surface area contributed by atoms with Gasteiger partial charge in [-0.05, 0) is 12.5 Å². The maximum absolute atomic E-state index is 11.3. The molecule has 0 fully saturated rings. The lowest BCUT2D eigenvalue weighted by atomic mass is 10.7. The number of nitrogens with zero attached hydrogens (tertiary/aromatic N) is 6. The largest absolute Gasteiger partial charge is 0.345 e. The van der Waals surface area contributed by atoms with Crippen molar-refractivity contribution in [3.8, 4) is 0 Å². The van der Waals surface area contributed by atoms with Crippen LogP contribution in [0, 0.1) is 6.92 Å². The molecule has 0 aliphatic rings. The molecule has 0 saturated heterocycles. The molecule has 0 aliphatic carbocycles. The van der Waals surface area contributed by atoms with E-state index in [1.54, 1.807) is 14.0 Å². The van der Waals surface area contributed by atoms with Gasteiger partial charge in [0.05, 0.1) is 6.54 Å². The van der Waals surface area contributed by atoms with Gasteiger partial charge in [0, 0.05) is 18.5 Å². The quantitative estimate of drug-likeness (QED) is 0.379. The molecule has 7 heteroatoms. The normalized spacial score (nSPS) is 9.69. The molecule has 1 heterocycles. The van der Waals surface area contributed by atoms with E-state index < -0.39 is 0 Å². The Morgan fingerprint density at radius 3 is 2.85 bits per heavy atom. The zero-order valence-corrected chi connectivity index (χ0v) is 7.51. The van der Waals surface area contributed by atoms with Gasteiger partial charge in [0.15, 0.2) is 0 Å². The summed E-state index contributed by atoms with van der Waals surface area (Å²) in [5, 5.41) is 7.28. The summed E-state index contributed by atoms with van der Waals surface area (Å²) < 4.78 is 2.72. The topological polar surface area (TPSA) is 88.6 Å². The van der Waals surface area contributed by atoms with Crippen LogP contribution in [0.1, 0.15) is 5.82 Å². The van der Waals surface area contributed by atoms with Gasteiger partial charge in [-0.3, -0.25) is 4.57 Å². The number of hydrogen-bond acceptors (Lipinski definition) is 3. The number of hydrogen-bond donors (Lipinski definition) is 0. The van der Waals surface area contributed by atoms with Crippen molar-refractivity contribution < 1.29 is 0 Å². The van der Waals surface area contributed by atoms with Gasteiger partial charge >= 0.3 is 5.69 Å². The minimum Gasteiger partial charge on any atom is -0.282 e. The molecule has 1 aromatic rings. The highest BCUT2D eigenvalue weighted by Gasteiger charge is 2.04. The minimum absolute atomic E-state index is 0.189. The Morgan fingerprint density at radius 2 is 2.38 bits per heavy atom. The lowest BCUT2D eigenvalue weighted by Gasteiger charge is -1.91. The van der Waals surface area contributed by atoms with Gasteiger partial charge in [0.25, 0.3) is 0 Å². The summed E-state index contributed by atoms with van der Waals surface area (Å²) >= 11 is 0. The predicted molar refractivity (Wildman–Crippen MR) is 46.2 cm³/mol. The maximum Gasteiger partial charge on any atom is 0.345 e. The molecule has 0 aliphatic heterocycles. The lowest BCUT2D eigenvalue weighted by Crippen LogP contribution is -2.24. The molecule has 0 bridgehead atoms.